The number of methoxy groups -OCH3 is 1. The number of nitrogens with zero attached hydrogens (tertiary/aromatic N) is 3. The molecule has 1 fully saturated rings. The minimum Gasteiger partial charge on any atom is -0.495 e. The molecule has 2 heterocycles. The Labute approximate surface area is 169 Å². The molecule has 7 heteroatoms. The number of nitrogens with one attached hydrogen (secondary N) is 1. The number of piperidine rings is 1. The summed E-state index contributed by atoms with van der Waals surface area (Å²) in [4.78, 5) is 30.9. The van der Waals surface area contributed by atoms with E-state index in [1.807, 2.05) is 34.9 Å². The Hall–Kier alpha value is -3.35. The predicted molar refractivity (Wildman–Crippen MR) is 112 cm³/mol. The van der Waals surface area contributed by atoms with Crippen LogP contribution in [0.1, 0.15) is 25.7 Å². The number of hydrogen-bond acceptors (Lipinski definition) is 4. The van der Waals surface area contributed by atoms with Gasteiger partial charge >= 0.3 is 0 Å². The number of imidazole rings is 1. The molecule has 3 aromatic rings. The van der Waals surface area contributed by atoms with Crippen molar-refractivity contribution in [2.75, 3.05) is 23.9 Å². The van der Waals surface area contributed by atoms with Crippen LogP contribution in [0.2, 0.25) is 0 Å². The molecule has 0 spiro atoms. The number of carbonyl (C=O) groups excluding carboxylic acids is 2. The molecule has 0 radical (unpaired) electrons. The highest BCUT2D eigenvalue weighted by Crippen LogP contribution is 2.33. The molecule has 7 nitrogen and oxygen atoms in total. The molecule has 2 aromatic carbocycles. The van der Waals surface area contributed by atoms with Gasteiger partial charge in [0, 0.05) is 31.6 Å². The number of rotatable bonds is 6. The minimum atomic E-state index is -0.0936. The molecule has 0 unspecified atom stereocenters. The normalized spacial score (nSPS) is 14.2. The van der Waals surface area contributed by atoms with Gasteiger partial charge in [-0.25, -0.2) is 4.98 Å². The van der Waals surface area contributed by atoms with Crippen molar-refractivity contribution in [3.05, 3.63) is 48.8 Å². The summed E-state index contributed by atoms with van der Waals surface area (Å²) in [6, 6.07) is 13.2. The van der Waals surface area contributed by atoms with E-state index in [9.17, 15) is 9.59 Å². The van der Waals surface area contributed by atoms with Crippen molar-refractivity contribution in [3.8, 4) is 5.75 Å². The molecule has 29 heavy (non-hydrogen) atoms. The number of aromatic nitrogens is 2. The van der Waals surface area contributed by atoms with E-state index in [-0.39, 0.29) is 11.8 Å². The molecule has 2 amide bonds. The molecule has 1 aliphatic rings. The van der Waals surface area contributed by atoms with Crippen molar-refractivity contribution < 1.29 is 14.3 Å². The molecule has 1 aromatic heterocycles. The maximum atomic E-state index is 12.5. The van der Waals surface area contributed by atoms with Crippen LogP contribution in [0.3, 0.4) is 0 Å². The summed E-state index contributed by atoms with van der Waals surface area (Å²) in [6.07, 6.45) is 4.50. The number of ether oxygens (including phenoxy) is 1. The Balaban J connectivity index is 1.45. The fourth-order valence-electron chi connectivity index (χ4n) is 3.67. The second-order valence-electron chi connectivity index (χ2n) is 7.11. The molecular weight excluding hydrogens is 368 g/mol. The Morgan fingerprint density at radius 3 is 2.90 bits per heavy atom. The summed E-state index contributed by atoms with van der Waals surface area (Å²) in [5, 5.41) is 2.93. The van der Waals surface area contributed by atoms with Gasteiger partial charge in [-0.2, -0.15) is 0 Å². The van der Waals surface area contributed by atoms with Crippen LogP contribution >= 0.6 is 0 Å². The first-order valence-electron chi connectivity index (χ1n) is 9.84. The zero-order valence-electron chi connectivity index (χ0n) is 16.4. The van der Waals surface area contributed by atoms with Crippen LogP contribution in [0.4, 0.5) is 11.4 Å². The van der Waals surface area contributed by atoms with Crippen LogP contribution in [0.25, 0.3) is 11.0 Å². The molecule has 1 N–H and O–H groups in total. The first-order valence-corrected chi connectivity index (χ1v) is 9.84. The fraction of sp³-hybridized carbons (Fsp3) is 0.318. The second-order valence-corrected chi connectivity index (χ2v) is 7.11. The summed E-state index contributed by atoms with van der Waals surface area (Å²) in [5.41, 5.74) is 3.28. The highest BCUT2D eigenvalue weighted by molar-refractivity contribution is 5.97. The zero-order chi connectivity index (χ0) is 20.2. The van der Waals surface area contributed by atoms with E-state index in [1.165, 1.54) is 0 Å². The molecule has 0 aliphatic carbocycles. The number of anilines is 2. The Kier molecular flexibility index (Phi) is 5.46. The number of hydrogen-bond donors (Lipinski definition) is 1. The Morgan fingerprint density at radius 2 is 2.07 bits per heavy atom. The molecule has 1 aliphatic heterocycles. The van der Waals surface area contributed by atoms with E-state index in [2.05, 4.69) is 10.3 Å². The van der Waals surface area contributed by atoms with Gasteiger partial charge in [0.15, 0.2) is 0 Å². The Bertz CT molecular complexity index is 1040. The molecule has 4 rings (SSSR count). The van der Waals surface area contributed by atoms with Gasteiger partial charge in [0.1, 0.15) is 5.75 Å². The first kappa shape index (κ1) is 19.0. The lowest BCUT2D eigenvalue weighted by molar-refractivity contribution is -0.119. The first-order chi connectivity index (χ1) is 14.2. The molecule has 0 saturated carbocycles. The zero-order valence-corrected chi connectivity index (χ0v) is 16.4. The van der Waals surface area contributed by atoms with Gasteiger partial charge in [-0.1, -0.05) is 12.1 Å². The summed E-state index contributed by atoms with van der Waals surface area (Å²) >= 11 is 0. The monoisotopic (exact) mass is 392 g/mol. The lowest BCUT2D eigenvalue weighted by Crippen LogP contribution is -2.35. The second kappa shape index (κ2) is 8.34. The molecule has 0 atom stereocenters. The van der Waals surface area contributed by atoms with Gasteiger partial charge in [0.2, 0.25) is 11.8 Å². The van der Waals surface area contributed by atoms with Crippen molar-refractivity contribution >= 4 is 34.2 Å². The number of aryl methyl sites for hydroxylation is 1. The number of fused-ring (bicyclic) bond motifs is 1. The number of benzene rings is 2. The smallest absolute Gasteiger partial charge is 0.227 e. The van der Waals surface area contributed by atoms with E-state index in [1.54, 1.807) is 30.5 Å². The van der Waals surface area contributed by atoms with Gasteiger partial charge in [-0.05, 0) is 43.2 Å². The van der Waals surface area contributed by atoms with Gasteiger partial charge in [0.05, 0.1) is 30.2 Å². The quantitative estimate of drug-likeness (QED) is 0.696. The summed E-state index contributed by atoms with van der Waals surface area (Å²) in [7, 11) is 1.58. The maximum absolute atomic E-state index is 12.5. The van der Waals surface area contributed by atoms with Crippen LogP contribution in [-0.2, 0) is 16.1 Å². The van der Waals surface area contributed by atoms with E-state index in [0.29, 0.717) is 43.1 Å². The predicted octanol–water partition coefficient (Wildman–Crippen LogP) is 3.59. The largest absolute Gasteiger partial charge is 0.495 e. The highest BCUT2D eigenvalue weighted by atomic mass is 16.5. The van der Waals surface area contributed by atoms with Crippen LogP contribution < -0.4 is 15.0 Å². The van der Waals surface area contributed by atoms with Crippen molar-refractivity contribution in [2.45, 2.75) is 32.2 Å². The van der Waals surface area contributed by atoms with Crippen molar-refractivity contribution in [1.29, 1.82) is 0 Å². The van der Waals surface area contributed by atoms with Gasteiger partial charge in [0.25, 0.3) is 0 Å². The van der Waals surface area contributed by atoms with Crippen LogP contribution in [-0.4, -0.2) is 35.0 Å². The van der Waals surface area contributed by atoms with Crippen molar-refractivity contribution in [1.82, 2.24) is 9.55 Å². The number of para-hydroxylation sites is 2. The van der Waals surface area contributed by atoms with Crippen molar-refractivity contribution in [2.24, 2.45) is 0 Å². The standard InChI is InChI=1S/C22H24N4O3/c1-29-20-10-9-16(14-19(20)26-12-5-4-8-22(26)28)24-21(27)11-13-25-15-23-17-6-2-3-7-18(17)25/h2-3,6-7,9-10,14-15H,4-5,8,11-13H2,1H3,(H,24,27). The summed E-state index contributed by atoms with van der Waals surface area (Å²) in [6.45, 7) is 1.21. The van der Waals surface area contributed by atoms with Crippen LogP contribution in [0.5, 0.6) is 5.75 Å². The third-order valence-electron chi connectivity index (χ3n) is 5.18. The number of carbonyl (C=O) groups is 2. The van der Waals surface area contributed by atoms with Crippen molar-refractivity contribution in [3.63, 3.8) is 0 Å². The minimum absolute atomic E-state index is 0.0880. The fourth-order valence-corrected chi connectivity index (χ4v) is 3.67. The molecule has 1 saturated heterocycles. The lowest BCUT2D eigenvalue weighted by atomic mass is 10.1. The van der Waals surface area contributed by atoms with Gasteiger partial charge < -0.3 is 19.5 Å². The maximum Gasteiger partial charge on any atom is 0.227 e. The SMILES string of the molecule is COc1ccc(NC(=O)CCn2cnc3ccccc32)cc1N1CCCCC1=O. The van der Waals surface area contributed by atoms with E-state index >= 15 is 0 Å². The third-order valence-corrected chi connectivity index (χ3v) is 5.18. The van der Waals surface area contributed by atoms with Crippen LogP contribution in [0, 0.1) is 0 Å². The lowest BCUT2D eigenvalue weighted by Gasteiger charge is -2.28. The molecule has 150 valence electrons. The van der Waals surface area contributed by atoms with E-state index in [0.717, 1.165) is 23.9 Å². The molecular formula is C22H24N4O3. The van der Waals surface area contributed by atoms with Gasteiger partial charge in [-0.15, -0.1) is 0 Å². The topological polar surface area (TPSA) is 76.5 Å². The number of amides is 2. The third kappa shape index (κ3) is 4.08. The molecule has 0 bridgehead atoms. The van der Waals surface area contributed by atoms with E-state index in [4.69, 9.17) is 4.74 Å². The average Bonchev–Trinajstić information content (AvgIpc) is 3.16. The average molecular weight is 392 g/mol. The van der Waals surface area contributed by atoms with Crippen LogP contribution in [0.15, 0.2) is 48.8 Å². The van der Waals surface area contributed by atoms with E-state index < -0.39 is 0 Å². The highest BCUT2D eigenvalue weighted by Gasteiger charge is 2.23. The van der Waals surface area contributed by atoms with Gasteiger partial charge in [-0.3, -0.25) is 9.59 Å². The Morgan fingerprint density at radius 1 is 1.21 bits per heavy atom. The summed E-state index contributed by atoms with van der Waals surface area (Å²) in [5.74, 6) is 0.622. The summed E-state index contributed by atoms with van der Waals surface area (Å²) < 4.78 is 7.40.